The zero-order valence-corrected chi connectivity index (χ0v) is 16.9. The fourth-order valence-corrected chi connectivity index (χ4v) is 4.46. The van der Waals surface area contributed by atoms with Gasteiger partial charge >= 0.3 is 0 Å². The van der Waals surface area contributed by atoms with Gasteiger partial charge in [0, 0.05) is 42.8 Å². The van der Waals surface area contributed by atoms with E-state index < -0.39 is 0 Å². The van der Waals surface area contributed by atoms with Crippen molar-refractivity contribution in [2.45, 2.75) is 44.4 Å². The maximum absolute atomic E-state index is 6.01. The van der Waals surface area contributed by atoms with Gasteiger partial charge in [-0.3, -0.25) is 9.67 Å². The highest BCUT2D eigenvalue weighted by molar-refractivity contribution is 6.15. The van der Waals surface area contributed by atoms with Crippen LogP contribution in [0.2, 0.25) is 0 Å². The summed E-state index contributed by atoms with van der Waals surface area (Å²) >= 11 is 0. The van der Waals surface area contributed by atoms with Gasteiger partial charge in [-0.1, -0.05) is 6.07 Å². The first kappa shape index (κ1) is 17.7. The number of hydrogen-bond donors (Lipinski definition) is 0. The zero-order valence-electron chi connectivity index (χ0n) is 16.9. The van der Waals surface area contributed by atoms with Gasteiger partial charge in [-0.2, -0.15) is 5.10 Å². The third-order valence-electron chi connectivity index (χ3n) is 6.28. The van der Waals surface area contributed by atoms with Crippen molar-refractivity contribution in [3.05, 3.63) is 71.7 Å². The quantitative estimate of drug-likeness (QED) is 0.650. The third-order valence-corrected chi connectivity index (χ3v) is 6.28. The molecule has 0 amide bonds. The minimum Gasteiger partial charge on any atom is -0.490 e. The normalized spacial score (nSPS) is 18.9. The molecular weight excluding hydrogens is 374 g/mol. The lowest BCUT2D eigenvalue weighted by atomic mass is 10.00. The van der Waals surface area contributed by atoms with Crippen molar-refractivity contribution in [2.75, 3.05) is 18.0 Å². The van der Waals surface area contributed by atoms with Gasteiger partial charge in [0.2, 0.25) is 0 Å². The van der Waals surface area contributed by atoms with E-state index in [1.54, 1.807) is 0 Å². The van der Waals surface area contributed by atoms with Gasteiger partial charge in [0.25, 0.3) is 0 Å². The van der Waals surface area contributed by atoms with Crippen LogP contribution in [0.3, 0.4) is 0 Å². The maximum Gasteiger partial charge on any atom is 0.129 e. The van der Waals surface area contributed by atoms with Gasteiger partial charge in [-0.15, -0.1) is 0 Å². The molecule has 1 aliphatic carbocycles. The monoisotopic (exact) mass is 399 g/mol. The van der Waals surface area contributed by atoms with E-state index in [0.717, 1.165) is 55.3 Å². The molecule has 3 aliphatic rings. The van der Waals surface area contributed by atoms with Crippen LogP contribution in [0.1, 0.15) is 48.4 Å². The van der Waals surface area contributed by atoms with Crippen LogP contribution in [0.25, 0.3) is 0 Å². The summed E-state index contributed by atoms with van der Waals surface area (Å²) in [5.41, 5.74) is 4.66. The molecule has 1 saturated heterocycles. The molecule has 1 aromatic carbocycles. The minimum atomic E-state index is 0.405. The smallest absolute Gasteiger partial charge is 0.129 e. The maximum atomic E-state index is 6.01. The fraction of sp³-hybridized carbons (Fsp3) is 0.375. The number of aliphatic imine (C=N–C) groups is 1. The van der Waals surface area contributed by atoms with Gasteiger partial charge in [-0.05, 0) is 61.6 Å². The van der Waals surface area contributed by atoms with Crippen molar-refractivity contribution >= 4 is 11.5 Å². The Balaban J connectivity index is 1.21. The number of hydrogen-bond acceptors (Lipinski definition) is 5. The Bertz CT molecular complexity index is 1080. The van der Waals surface area contributed by atoms with Crippen molar-refractivity contribution in [3.63, 3.8) is 0 Å². The number of nitrogens with zero attached hydrogens (tertiary/aromatic N) is 5. The topological polar surface area (TPSA) is 55.5 Å². The molecule has 2 aliphatic heterocycles. The molecule has 0 spiro atoms. The molecule has 0 radical (unpaired) electrons. The Morgan fingerprint density at radius 1 is 0.967 bits per heavy atom. The molecule has 3 aromatic rings. The third kappa shape index (κ3) is 3.36. The second kappa shape index (κ2) is 7.27. The molecule has 6 heteroatoms. The molecule has 0 unspecified atom stereocenters. The van der Waals surface area contributed by atoms with Crippen LogP contribution in [0.5, 0.6) is 5.75 Å². The first-order chi connectivity index (χ1) is 14.8. The molecule has 6 nitrogen and oxygen atoms in total. The lowest BCUT2D eigenvalue weighted by Gasteiger charge is -2.33. The Labute approximate surface area is 176 Å². The molecule has 0 bridgehead atoms. The van der Waals surface area contributed by atoms with Crippen molar-refractivity contribution in [1.82, 2.24) is 14.8 Å². The van der Waals surface area contributed by atoms with Gasteiger partial charge in [0.15, 0.2) is 0 Å². The zero-order chi connectivity index (χ0) is 19.9. The number of fused-ring (bicyclic) bond motifs is 1. The van der Waals surface area contributed by atoms with Crippen molar-refractivity contribution < 1.29 is 4.74 Å². The van der Waals surface area contributed by atoms with Crippen LogP contribution in [-0.4, -0.2) is 39.7 Å². The van der Waals surface area contributed by atoms with Crippen LogP contribution in [-0.2, 0) is 6.54 Å². The first-order valence-electron chi connectivity index (χ1n) is 10.9. The van der Waals surface area contributed by atoms with Crippen LogP contribution in [0, 0.1) is 0 Å². The summed E-state index contributed by atoms with van der Waals surface area (Å²) in [6, 6.07) is 13.1. The summed E-state index contributed by atoms with van der Waals surface area (Å²) in [5, 5.41) is 4.41. The highest BCUT2D eigenvalue weighted by Crippen LogP contribution is 2.32. The first-order valence-corrected chi connectivity index (χ1v) is 10.9. The predicted octanol–water partition coefficient (Wildman–Crippen LogP) is 4.01. The largest absolute Gasteiger partial charge is 0.490 e. The van der Waals surface area contributed by atoms with Gasteiger partial charge in [0.1, 0.15) is 11.6 Å². The lowest BCUT2D eigenvalue weighted by Crippen LogP contribution is -2.35. The van der Waals surface area contributed by atoms with Gasteiger partial charge in [0.05, 0.1) is 24.4 Å². The van der Waals surface area contributed by atoms with E-state index in [9.17, 15) is 0 Å². The van der Waals surface area contributed by atoms with E-state index in [2.05, 4.69) is 56.2 Å². The number of aromatic nitrogens is 3. The van der Waals surface area contributed by atoms with E-state index in [-0.39, 0.29) is 0 Å². The standard InChI is InChI=1S/C24H25N5O/c1-9-27-29(11-1)19-7-12-28(13-8-19)23-14-17(6-10-25-23)24-22-15-21(30-20-4-5-20)3-2-18(22)16-26-24/h1-3,6,9-11,14-15,19-20H,4-5,7-8,12-13,16H2. The van der Waals surface area contributed by atoms with Gasteiger partial charge in [-0.25, -0.2) is 4.98 Å². The average Bonchev–Trinajstić information content (AvgIpc) is 3.27. The van der Waals surface area contributed by atoms with Crippen LogP contribution >= 0.6 is 0 Å². The van der Waals surface area contributed by atoms with Crippen LogP contribution in [0.4, 0.5) is 5.82 Å². The number of piperidine rings is 1. The minimum absolute atomic E-state index is 0.405. The number of pyridine rings is 1. The molecule has 6 rings (SSSR count). The van der Waals surface area contributed by atoms with Crippen molar-refractivity contribution in [3.8, 4) is 5.75 Å². The van der Waals surface area contributed by atoms with Gasteiger partial charge < -0.3 is 9.64 Å². The Morgan fingerprint density at radius 2 is 1.87 bits per heavy atom. The van der Waals surface area contributed by atoms with E-state index in [0.29, 0.717) is 12.1 Å². The highest BCUT2D eigenvalue weighted by Gasteiger charge is 2.26. The van der Waals surface area contributed by atoms with E-state index >= 15 is 0 Å². The molecule has 30 heavy (non-hydrogen) atoms. The Kier molecular flexibility index (Phi) is 4.29. The number of anilines is 1. The number of ether oxygens (including phenoxy) is 1. The van der Waals surface area contributed by atoms with Crippen LogP contribution in [0.15, 0.2) is 60.0 Å². The van der Waals surface area contributed by atoms with Crippen LogP contribution < -0.4 is 9.64 Å². The average molecular weight is 399 g/mol. The van der Waals surface area contributed by atoms with E-state index in [1.165, 1.54) is 24.0 Å². The molecule has 2 fully saturated rings. The highest BCUT2D eigenvalue weighted by atomic mass is 16.5. The molecule has 4 heterocycles. The Morgan fingerprint density at radius 3 is 2.67 bits per heavy atom. The number of rotatable bonds is 5. The van der Waals surface area contributed by atoms with Crippen molar-refractivity contribution in [2.24, 2.45) is 4.99 Å². The summed E-state index contributed by atoms with van der Waals surface area (Å²) < 4.78 is 8.10. The SMILES string of the molecule is c1cnn(C2CCN(c3cc(C4=NCc5ccc(OC6CC6)cc54)ccn3)CC2)c1. The molecule has 1 saturated carbocycles. The molecule has 0 N–H and O–H groups in total. The molecule has 2 aromatic heterocycles. The second-order valence-electron chi connectivity index (χ2n) is 8.41. The summed E-state index contributed by atoms with van der Waals surface area (Å²) in [6.07, 6.45) is 10.7. The Hall–Kier alpha value is -3.15. The molecular formula is C24H25N5O. The van der Waals surface area contributed by atoms with E-state index in [1.807, 2.05) is 18.5 Å². The predicted molar refractivity (Wildman–Crippen MR) is 116 cm³/mol. The second-order valence-corrected chi connectivity index (χ2v) is 8.41. The fourth-order valence-electron chi connectivity index (χ4n) is 4.46. The summed E-state index contributed by atoms with van der Waals surface area (Å²) in [5.74, 6) is 1.99. The van der Waals surface area contributed by atoms with Crippen molar-refractivity contribution in [1.29, 1.82) is 0 Å². The summed E-state index contributed by atoms with van der Waals surface area (Å²) in [7, 11) is 0. The summed E-state index contributed by atoms with van der Waals surface area (Å²) in [4.78, 5) is 11.9. The summed E-state index contributed by atoms with van der Waals surface area (Å²) in [6.45, 7) is 2.72. The number of benzene rings is 1. The lowest BCUT2D eigenvalue weighted by molar-refractivity contribution is 0.303. The molecule has 0 atom stereocenters. The van der Waals surface area contributed by atoms with E-state index in [4.69, 9.17) is 9.73 Å². The molecule has 152 valence electrons.